The van der Waals surface area contributed by atoms with Gasteiger partial charge in [-0.05, 0) is 87.1 Å². The molecule has 7 heteroatoms. The number of quaternary nitrogens is 1. The van der Waals surface area contributed by atoms with Crippen LogP contribution in [0.1, 0.15) is 75.0 Å². The third-order valence-electron chi connectivity index (χ3n) is 6.75. The third-order valence-corrected chi connectivity index (χ3v) is 6.75. The van der Waals surface area contributed by atoms with Crippen molar-refractivity contribution in [2.75, 3.05) is 13.1 Å². The molecule has 2 N–H and O–H groups in total. The summed E-state index contributed by atoms with van der Waals surface area (Å²) in [7, 11) is 0. The maximum Gasteiger partial charge on any atom is 0.258 e. The van der Waals surface area contributed by atoms with E-state index in [9.17, 15) is 4.79 Å². The second kappa shape index (κ2) is 7.95. The van der Waals surface area contributed by atoms with Crippen molar-refractivity contribution < 1.29 is 4.90 Å². The van der Waals surface area contributed by atoms with Crippen LogP contribution in [0.4, 0.5) is 0 Å². The van der Waals surface area contributed by atoms with Crippen LogP contribution in [0.5, 0.6) is 0 Å². The maximum atomic E-state index is 13.3. The zero-order valence-corrected chi connectivity index (χ0v) is 18.7. The number of aromatic nitrogens is 5. The SMILES string of the molecule is CCC(C)(C)n1nnnc1[C@@H](c1cc2c(C)cc(C)cc2[nH]c1=O)[NH+]1CCCCC1. The molecule has 160 valence electrons. The highest BCUT2D eigenvalue weighted by Gasteiger charge is 2.37. The van der Waals surface area contributed by atoms with Gasteiger partial charge in [-0.1, -0.05) is 13.0 Å². The number of piperidine rings is 1. The van der Waals surface area contributed by atoms with Crippen LogP contribution >= 0.6 is 0 Å². The van der Waals surface area contributed by atoms with E-state index in [1.165, 1.54) is 16.9 Å². The Bertz CT molecular complexity index is 1110. The molecule has 2 aromatic heterocycles. The van der Waals surface area contributed by atoms with Gasteiger partial charge in [0, 0.05) is 10.9 Å². The maximum absolute atomic E-state index is 13.3. The molecule has 0 radical (unpaired) electrons. The van der Waals surface area contributed by atoms with Crippen molar-refractivity contribution in [1.82, 2.24) is 25.2 Å². The van der Waals surface area contributed by atoms with Crippen LogP contribution in [0.3, 0.4) is 0 Å². The van der Waals surface area contributed by atoms with Crippen LogP contribution in [0.25, 0.3) is 10.9 Å². The average Bonchev–Trinajstić information content (AvgIpc) is 3.20. The van der Waals surface area contributed by atoms with Crippen LogP contribution in [0, 0.1) is 13.8 Å². The Hall–Kier alpha value is -2.54. The van der Waals surface area contributed by atoms with Crippen molar-refractivity contribution in [3.05, 3.63) is 51.1 Å². The van der Waals surface area contributed by atoms with E-state index in [1.54, 1.807) is 0 Å². The highest BCUT2D eigenvalue weighted by Crippen LogP contribution is 2.26. The Labute approximate surface area is 177 Å². The first-order valence-corrected chi connectivity index (χ1v) is 11.1. The van der Waals surface area contributed by atoms with Crippen molar-refractivity contribution in [3.8, 4) is 0 Å². The van der Waals surface area contributed by atoms with Crippen LogP contribution < -0.4 is 10.5 Å². The van der Waals surface area contributed by atoms with Gasteiger partial charge in [0.15, 0.2) is 6.04 Å². The summed E-state index contributed by atoms with van der Waals surface area (Å²) in [5.41, 5.74) is 3.71. The first-order chi connectivity index (χ1) is 14.3. The molecule has 3 heterocycles. The van der Waals surface area contributed by atoms with Gasteiger partial charge < -0.3 is 9.88 Å². The molecule has 0 saturated carbocycles. The molecule has 1 atom stereocenters. The van der Waals surface area contributed by atoms with E-state index in [-0.39, 0.29) is 17.1 Å². The van der Waals surface area contributed by atoms with Gasteiger partial charge in [0.25, 0.3) is 5.56 Å². The lowest BCUT2D eigenvalue weighted by atomic mass is 9.96. The number of hydrogen-bond acceptors (Lipinski definition) is 4. The summed E-state index contributed by atoms with van der Waals surface area (Å²) in [5, 5.41) is 13.9. The minimum Gasteiger partial charge on any atom is -0.322 e. The van der Waals surface area contributed by atoms with Crippen molar-refractivity contribution in [3.63, 3.8) is 0 Å². The number of benzene rings is 1. The van der Waals surface area contributed by atoms with Crippen LogP contribution in [-0.4, -0.2) is 38.3 Å². The van der Waals surface area contributed by atoms with E-state index in [1.807, 2.05) is 10.7 Å². The summed E-state index contributed by atoms with van der Waals surface area (Å²) in [6.07, 6.45) is 4.47. The number of nitrogens with zero attached hydrogens (tertiary/aromatic N) is 4. The van der Waals surface area contributed by atoms with Gasteiger partial charge >= 0.3 is 0 Å². The summed E-state index contributed by atoms with van der Waals surface area (Å²) in [4.78, 5) is 17.8. The molecule has 7 nitrogen and oxygen atoms in total. The van der Waals surface area contributed by atoms with E-state index in [0.717, 1.165) is 60.2 Å². The molecule has 1 aromatic carbocycles. The lowest BCUT2D eigenvalue weighted by molar-refractivity contribution is -0.931. The first kappa shape index (κ1) is 20.7. The largest absolute Gasteiger partial charge is 0.322 e. The third kappa shape index (κ3) is 3.67. The monoisotopic (exact) mass is 409 g/mol. The molecule has 1 saturated heterocycles. The second-order valence-corrected chi connectivity index (χ2v) is 9.36. The number of fused-ring (bicyclic) bond motifs is 1. The number of hydrogen-bond donors (Lipinski definition) is 2. The number of aryl methyl sites for hydroxylation is 2. The molecule has 4 rings (SSSR count). The highest BCUT2D eigenvalue weighted by atomic mass is 16.1. The average molecular weight is 410 g/mol. The Morgan fingerprint density at radius 3 is 2.60 bits per heavy atom. The summed E-state index contributed by atoms with van der Waals surface area (Å²) in [6, 6.07) is 6.10. The molecule has 1 aliphatic rings. The predicted octanol–water partition coefficient (Wildman–Crippen LogP) is 2.43. The Kier molecular flexibility index (Phi) is 5.49. The van der Waals surface area contributed by atoms with Crippen LogP contribution in [0.15, 0.2) is 23.0 Å². The number of tetrazole rings is 1. The fourth-order valence-electron chi connectivity index (χ4n) is 4.69. The number of likely N-dealkylation sites (tertiary alicyclic amines) is 1. The molecule has 0 unspecified atom stereocenters. The zero-order valence-electron chi connectivity index (χ0n) is 18.7. The van der Waals surface area contributed by atoms with Gasteiger partial charge in [0.05, 0.1) is 24.2 Å². The molecule has 0 amide bonds. The van der Waals surface area contributed by atoms with E-state index < -0.39 is 0 Å². The minimum atomic E-state index is -0.219. The Morgan fingerprint density at radius 1 is 1.17 bits per heavy atom. The van der Waals surface area contributed by atoms with Gasteiger partial charge in [-0.15, -0.1) is 5.10 Å². The van der Waals surface area contributed by atoms with Crippen molar-refractivity contribution >= 4 is 10.9 Å². The van der Waals surface area contributed by atoms with Gasteiger partial charge in [-0.3, -0.25) is 4.79 Å². The molecular formula is C23H33N6O+. The Balaban J connectivity index is 1.93. The molecular weight excluding hydrogens is 376 g/mol. The fraction of sp³-hybridized carbons (Fsp3) is 0.565. The topological polar surface area (TPSA) is 80.9 Å². The van der Waals surface area contributed by atoms with E-state index in [4.69, 9.17) is 0 Å². The fourth-order valence-corrected chi connectivity index (χ4v) is 4.69. The quantitative estimate of drug-likeness (QED) is 0.678. The molecule has 1 fully saturated rings. The minimum absolute atomic E-state index is 0.0422. The molecule has 0 aliphatic carbocycles. The molecule has 0 spiro atoms. The number of rotatable bonds is 5. The summed E-state index contributed by atoms with van der Waals surface area (Å²) >= 11 is 0. The van der Waals surface area contributed by atoms with Crippen molar-refractivity contribution in [1.29, 1.82) is 0 Å². The summed E-state index contributed by atoms with van der Waals surface area (Å²) < 4.78 is 1.94. The van der Waals surface area contributed by atoms with Gasteiger partial charge in [0.2, 0.25) is 5.82 Å². The predicted molar refractivity (Wildman–Crippen MR) is 118 cm³/mol. The van der Waals surface area contributed by atoms with Gasteiger partial charge in [-0.25, -0.2) is 4.68 Å². The van der Waals surface area contributed by atoms with Crippen molar-refractivity contribution in [2.45, 2.75) is 71.9 Å². The zero-order chi connectivity index (χ0) is 21.5. The van der Waals surface area contributed by atoms with Crippen LogP contribution in [-0.2, 0) is 5.54 Å². The van der Waals surface area contributed by atoms with E-state index in [0.29, 0.717) is 0 Å². The number of pyridine rings is 1. The number of aromatic amines is 1. The van der Waals surface area contributed by atoms with Crippen LogP contribution in [0.2, 0.25) is 0 Å². The first-order valence-electron chi connectivity index (χ1n) is 11.1. The lowest BCUT2D eigenvalue weighted by Gasteiger charge is -2.33. The standard InChI is InChI=1S/C23H32N6O/c1-6-23(4,5)29-21(25-26-27-29)20(28-10-8-7-9-11-28)18-14-17-16(3)12-15(2)13-19(17)24-22(18)30/h12-14,20H,6-11H2,1-5H3,(H,24,30)/p+1/t20-/m1/s1. The van der Waals surface area contributed by atoms with Crippen molar-refractivity contribution in [2.24, 2.45) is 0 Å². The summed E-state index contributed by atoms with van der Waals surface area (Å²) in [6.45, 7) is 12.6. The smallest absolute Gasteiger partial charge is 0.258 e. The molecule has 3 aromatic rings. The van der Waals surface area contributed by atoms with E-state index >= 15 is 0 Å². The second-order valence-electron chi connectivity index (χ2n) is 9.36. The normalized spacial score (nSPS) is 16.8. The number of H-pyrrole nitrogens is 1. The number of nitrogens with one attached hydrogen (secondary N) is 2. The Morgan fingerprint density at radius 2 is 1.90 bits per heavy atom. The highest BCUT2D eigenvalue weighted by molar-refractivity contribution is 5.83. The molecule has 0 bridgehead atoms. The summed E-state index contributed by atoms with van der Waals surface area (Å²) in [5.74, 6) is 0.786. The lowest BCUT2D eigenvalue weighted by Crippen LogP contribution is -3.13. The van der Waals surface area contributed by atoms with Gasteiger partial charge in [0.1, 0.15) is 0 Å². The molecule has 1 aliphatic heterocycles. The van der Waals surface area contributed by atoms with Gasteiger partial charge in [-0.2, -0.15) is 0 Å². The van der Waals surface area contributed by atoms with E-state index in [2.05, 4.69) is 67.3 Å². The molecule has 30 heavy (non-hydrogen) atoms.